The second-order valence-corrected chi connectivity index (χ2v) is 6.45. The number of hydrogen-bond donors (Lipinski definition) is 1. The van der Waals surface area contributed by atoms with Crippen LogP contribution < -0.4 is 4.90 Å². The number of hydrogen-bond acceptors (Lipinski definition) is 5. The van der Waals surface area contributed by atoms with Gasteiger partial charge in [-0.05, 0) is 24.6 Å². The molecule has 0 atom stereocenters. The van der Waals surface area contributed by atoms with Crippen LogP contribution in [0.4, 0.5) is 5.13 Å². The summed E-state index contributed by atoms with van der Waals surface area (Å²) in [5, 5.41) is 9.81. The number of piperazine rings is 1. The molecule has 0 aliphatic carbocycles. The third-order valence-electron chi connectivity index (χ3n) is 3.82. The lowest BCUT2D eigenvalue weighted by atomic mass is 10.2. The summed E-state index contributed by atoms with van der Waals surface area (Å²) in [6.45, 7) is 6.36. The zero-order valence-corrected chi connectivity index (χ0v) is 12.9. The summed E-state index contributed by atoms with van der Waals surface area (Å²) in [6, 6.07) is 6.38. The first-order chi connectivity index (χ1) is 10.1. The molecule has 2 heterocycles. The number of thiazole rings is 1. The molecule has 0 spiro atoms. The Morgan fingerprint density at radius 1 is 1.33 bits per heavy atom. The van der Waals surface area contributed by atoms with Gasteiger partial charge in [0.25, 0.3) is 0 Å². The Morgan fingerprint density at radius 3 is 2.81 bits per heavy atom. The molecule has 112 valence electrons. The van der Waals surface area contributed by atoms with Crippen LogP contribution in [0, 0.1) is 6.92 Å². The fourth-order valence-electron chi connectivity index (χ4n) is 2.58. The Balaban J connectivity index is 1.64. The van der Waals surface area contributed by atoms with Gasteiger partial charge in [-0.15, -0.1) is 0 Å². The molecule has 1 aromatic heterocycles. The average Bonchev–Trinajstić information content (AvgIpc) is 2.88. The van der Waals surface area contributed by atoms with Crippen molar-refractivity contribution in [3.63, 3.8) is 0 Å². The van der Waals surface area contributed by atoms with Crippen LogP contribution in [0.2, 0.25) is 0 Å². The molecule has 1 saturated heterocycles. The molecule has 2 aromatic rings. The van der Waals surface area contributed by atoms with Crippen LogP contribution in [-0.4, -0.2) is 53.7 Å². The molecule has 21 heavy (non-hydrogen) atoms. The van der Waals surface area contributed by atoms with Crippen LogP contribution in [0.1, 0.15) is 12.0 Å². The molecule has 1 N–H and O–H groups in total. The summed E-state index contributed by atoms with van der Waals surface area (Å²) >= 11 is 1.73. The van der Waals surface area contributed by atoms with E-state index in [9.17, 15) is 4.79 Å². The maximum absolute atomic E-state index is 10.6. The number of aliphatic carboxylic acids is 1. The second kappa shape index (κ2) is 5.99. The molecule has 0 unspecified atom stereocenters. The minimum absolute atomic E-state index is 0.223. The lowest BCUT2D eigenvalue weighted by Gasteiger charge is -2.34. The minimum Gasteiger partial charge on any atom is -0.481 e. The van der Waals surface area contributed by atoms with E-state index >= 15 is 0 Å². The predicted molar refractivity (Wildman–Crippen MR) is 85.3 cm³/mol. The second-order valence-electron chi connectivity index (χ2n) is 5.44. The van der Waals surface area contributed by atoms with Crippen LogP contribution in [0.25, 0.3) is 10.2 Å². The number of carboxylic acids is 1. The van der Waals surface area contributed by atoms with E-state index in [0.29, 0.717) is 6.54 Å². The Morgan fingerprint density at radius 2 is 2.10 bits per heavy atom. The van der Waals surface area contributed by atoms with Crippen LogP contribution >= 0.6 is 11.3 Å². The smallest absolute Gasteiger partial charge is 0.304 e. The molecule has 1 aliphatic rings. The van der Waals surface area contributed by atoms with Gasteiger partial charge in [-0.2, -0.15) is 0 Å². The van der Waals surface area contributed by atoms with Crippen molar-refractivity contribution in [2.75, 3.05) is 37.6 Å². The molecule has 0 amide bonds. The van der Waals surface area contributed by atoms with Crippen LogP contribution in [0.15, 0.2) is 18.2 Å². The first-order valence-corrected chi connectivity index (χ1v) is 8.00. The molecule has 5 nitrogen and oxygen atoms in total. The molecule has 1 fully saturated rings. The van der Waals surface area contributed by atoms with Gasteiger partial charge in [0.15, 0.2) is 5.13 Å². The normalized spacial score (nSPS) is 16.5. The molecule has 0 saturated carbocycles. The third-order valence-corrected chi connectivity index (χ3v) is 4.91. The molecule has 3 rings (SSSR count). The lowest BCUT2D eigenvalue weighted by molar-refractivity contribution is -0.137. The van der Waals surface area contributed by atoms with Gasteiger partial charge < -0.3 is 10.0 Å². The zero-order chi connectivity index (χ0) is 14.8. The average molecular weight is 305 g/mol. The monoisotopic (exact) mass is 305 g/mol. The topological polar surface area (TPSA) is 56.7 Å². The van der Waals surface area contributed by atoms with E-state index in [0.717, 1.165) is 36.8 Å². The van der Waals surface area contributed by atoms with E-state index < -0.39 is 5.97 Å². The highest BCUT2D eigenvalue weighted by Crippen LogP contribution is 2.29. The van der Waals surface area contributed by atoms with E-state index in [4.69, 9.17) is 10.1 Å². The first-order valence-electron chi connectivity index (χ1n) is 7.18. The molecule has 6 heteroatoms. The Kier molecular flexibility index (Phi) is 4.07. The largest absolute Gasteiger partial charge is 0.481 e. The van der Waals surface area contributed by atoms with Crippen LogP contribution in [0.3, 0.4) is 0 Å². The summed E-state index contributed by atoms with van der Waals surface area (Å²) < 4.78 is 1.23. The van der Waals surface area contributed by atoms with Gasteiger partial charge in [-0.3, -0.25) is 9.69 Å². The van der Waals surface area contributed by atoms with Crippen molar-refractivity contribution in [3.05, 3.63) is 23.8 Å². The molecule has 0 radical (unpaired) electrons. The number of carbonyl (C=O) groups is 1. The van der Waals surface area contributed by atoms with Crippen molar-refractivity contribution in [3.8, 4) is 0 Å². The minimum atomic E-state index is -0.723. The maximum atomic E-state index is 10.6. The van der Waals surface area contributed by atoms with Crippen molar-refractivity contribution in [2.24, 2.45) is 0 Å². The number of rotatable bonds is 4. The maximum Gasteiger partial charge on any atom is 0.304 e. The Bertz CT molecular complexity index is 647. The number of carboxylic acid groups (broad SMARTS) is 1. The van der Waals surface area contributed by atoms with Crippen molar-refractivity contribution in [1.82, 2.24) is 9.88 Å². The van der Waals surface area contributed by atoms with Crippen LogP contribution in [0.5, 0.6) is 0 Å². The molecular formula is C15H19N3O2S. The van der Waals surface area contributed by atoms with Gasteiger partial charge in [0.1, 0.15) is 0 Å². The summed E-state index contributed by atoms with van der Waals surface area (Å²) in [7, 11) is 0. The first kappa shape index (κ1) is 14.3. The Labute approximate surface area is 127 Å². The van der Waals surface area contributed by atoms with Gasteiger partial charge >= 0.3 is 5.97 Å². The summed E-state index contributed by atoms with van der Waals surface area (Å²) in [6.07, 6.45) is 0.223. The van der Waals surface area contributed by atoms with Gasteiger partial charge in [0, 0.05) is 32.7 Å². The summed E-state index contributed by atoms with van der Waals surface area (Å²) in [4.78, 5) is 19.9. The lowest BCUT2D eigenvalue weighted by Crippen LogP contribution is -2.46. The number of fused-ring (bicyclic) bond motifs is 1. The number of benzene rings is 1. The van der Waals surface area contributed by atoms with Crippen molar-refractivity contribution >= 4 is 32.7 Å². The van der Waals surface area contributed by atoms with E-state index in [1.165, 1.54) is 10.3 Å². The number of nitrogens with zero attached hydrogens (tertiary/aromatic N) is 3. The van der Waals surface area contributed by atoms with Crippen molar-refractivity contribution in [1.29, 1.82) is 0 Å². The van der Waals surface area contributed by atoms with Gasteiger partial charge in [-0.25, -0.2) is 4.98 Å². The van der Waals surface area contributed by atoms with Crippen LogP contribution in [-0.2, 0) is 4.79 Å². The standard InChI is InChI=1S/C15H19N3O2S/c1-11-2-3-13-12(10-11)16-15(21-13)18-8-6-17(7-9-18)5-4-14(19)20/h2-3,10H,4-9H2,1H3,(H,19,20). The number of anilines is 1. The van der Waals surface area contributed by atoms with E-state index in [-0.39, 0.29) is 6.42 Å². The molecule has 1 aromatic carbocycles. The van der Waals surface area contributed by atoms with Gasteiger partial charge in [-0.1, -0.05) is 17.4 Å². The molecule has 0 bridgehead atoms. The van der Waals surface area contributed by atoms with Crippen molar-refractivity contribution in [2.45, 2.75) is 13.3 Å². The molecular weight excluding hydrogens is 286 g/mol. The zero-order valence-electron chi connectivity index (χ0n) is 12.1. The fourth-order valence-corrected chi connectivity index (χ4v) is 3.57. The highest BCUT2D eigenvalue weighted by Gasteiger charge is 2.20. The summed E-state index contributed by atoms with van der Waals surface area (Å²) in [5.74, 6) is -0.723. The third kappa shape index (κ3) is 3.33. The van der Waals surface area contributed by atoms with E-state index in [2.05, 4.69) is 34.9 Å². The summed E-state index contributed by atoms with van der Waals surface area (Å²) in [5.41, 5.74) is 2.31. The van der Waals surface area contributed by atoms with Crippen molar-refractivity contribution < 1.29 is 9.90 Å². The fraction of sp³-hybridized carbons (Fsp3) is 0.467. The van der Waals surface area contributed by atoms with Gasteiger partial charge in [0.2, 0.25) is 0 Å². The number of aromatic nitrogens is 1. The highest BCUT2D eigenvalue weighted by molar-refractivity contribution is 7.22. The number of aryl methyl sites for hydroxylation is 1. The van der Waals surface area contributed by atoms with E-state index in [1.54, 1.807) is 11.3 Å². The quantitative estimate of drug-likeness (QED) is 0.938. The Hall–Kier alpha value is -1.66. The molecule has 1 aliphatic heterocycles. The van der Waals surface area contributed by atoms with E-state index in [1.807, 2.05) is 0 Å². The SMILES string of the molecule is Cc1ccc2sc(N3CCN(CCC(=O)O)CC3)nc2c1. The highest BCUT2D eigenvalue weighted by atomic mass is 32.1. The predicted octanol–water partition coefficient (Wildman–Crippen LogP) is 2.20. The van der Waals surface area contributed by atoms with Gasteiger partial charge in [0.05, 0.1) is 16.6 Å².